The summed E-state index contributed by atoms with van der Waals surface area (Å²) >= 11 is 5.69. The van der Waals surface area contributed by atoms with Crippen molar-refractivity contribution in [1.29, 1.82) is 0 Å². The summed E-state index contributed by atoms with van der Waals surface area (Å²) in [6.07, 6.45) is -0.0620. The molecule has 0 bridgehead atoms. The number of carbonyl (C=O) groups excluding carboxylic acids is 2. The highest BCUT2D eigenvalue weighted by atomic mass is 35.5. The maximum atomic E-state index is 11.9. The lowest BCUT2D eigenvalue weighted by Crippen LogP contribution is -2.37. The van der Waals surface area contributed by atoms with Crippen LogP contribution in [0.25, 0.3) is 0 Å². The minimum absolute atomic E-state index is 0.0620. The Morgan fingerprint density at radius 1 is 1.18 bits per heavy atom. The standard InChI is InChI=1S/C13H18ClN3O4S/c1-17(2)13(19)9-15-12(18)7-8-16-22(20,21)11-5-3-10(14)4-6-11/h3-6,16H,7-9H2,1-2H3,(H,15,18). The van der Waals surface area contributed by atoms with Gasteiger partial charge in [-0.15, -0.1) is 0 Å². The second-order valence-corrected chi connectivity index (χ2v) is 6.87. The number of sulfonamides is 1. The van der Waals surface area contributed by atoms with Gasteiger partial charge in [0, 0.05) is 32.1 Å². The van der Waals surface area contributed by atoms with Gasteiger partial charge in [-0.05, 0) is 24.3 Å². The Kier molecular flexibility index (Phi) is 6.79. The summed E-state index contributed by atoms with van der Waals surface area (Å²) in [6.45, 7) is -0.178. The van der Waals surface area contributed by atoms with E-state index in [9.17, 15) is 18.0 Å². The minimum Gasteiger partial charge on any atom is -0.347 e. The highest BCUT2D eigenvalue weighted by Gasteiger charge is 2.14. The van der Waals surface area contributed by atoms with Crippen molar-refractivity contribution in [2.75, 3.05) is 27.2 Å². The van der Waals surface area contributed by atoms with E-state index >= 15 is 0 Å². The van der Waals surface area contributed by atoms with E-state index in [1.807, 2.05) is 0 Å². The van der Waals surface area contributed by atoms with Gasteiger partial charge in [0.25, 0.3) is 0 Å². The molecule has 2 N–H and O–H groups in total. The molecule has 0 aromatic heterocycles. The van der Waals surface area contributed by atoms with Crippen LogP contribution in [-0.4, -0.2) is 52.3 Å². The van der Waals surface area contributed by atoms with Crippen molar-refractivity contribution in [3.63, 3.8) is 0 Å². The van der Waals surface area contributed by atoms with Gasteiger partial charge in [0.2, 0.25) is 21.8 Å². The molecule has 1 rings (SSSR count). The van der Waals surface area contributed by atoms with Crippen molar-refractivity contribution in [3.05, 3.63) is 29.3 Å². The van der Waals surface area contributed by atoms with Gasteiger partial charge in [0.15, 0.2) is 0 Å². The van der Waals surface area contributed by atoms with E-state index in [0.717, 1.165) is 0 Å². The van der Waals surface area contributed by atoms with E-state index in [1.165, 1.54) is 29.2 Å². The first-order valence-corrected chi connectivity index (χ1v) is 8.30. The number of hydrogen-bond acceptors (Lipinski definition) is 4. The molecule has 0 saturated carbocycles. The average molecular weight is 348 g/mol. The van der Waals surface area contributed by atoms with Gasteiger partial charge in [0.05, 0.1) is 11.4 Å². The molecule has 0 unspecified atom stereocenters. The zero-order chi connectivity index (χ0) is 16.8. The molecular weight excluding hydrogens is 330 g/mol. The summed E-state index contributed by atoms with van der Waals surface area (Å²) in [5.74, 6) is -0.649. The number of halogens is 1. The first kappa shape index (κ1) is 18.4. The summed E-state index contributed by atoms with van der Waals surface area (Å²) in [6, 6.07) is 5.69. The van der Waals surface area contributed by atoms with Gasteiger partial charge in [-0.3, -0.25) is 9.59 Å². The number of likely N-dealkylation sites (N-methyl/N-ethyl adjacent to an activating group) is 1. The monoisotopic (exact) mass is 347 g/mol. The van der Waals surface area contributed by atoms with Crippen LogP contribution >= 0.6 is 11.6 Å². The van der Waals surface area contributed by atoms with Crippen LogP contribution in [0.15, 0.2) is 29.2 Å². The van der Waals surface area contributed by atoms with E-state index in [2.05, 4.69) is 10.0 Å². The SMILES string of the molecule is CN(C)C(=O)CNC(=O)CCNS(=O)(=O)c1ccc(Cl)cc1. The maximum Gasteiger partial charge on any atom is 0.241 e. The molecule has 2 amide bonds. The molecule has 9 heteroatoms. The number of benzene rings is 1. The normalized spacial score (nSPS) is 11.0. The van der Waals surface area contributed by atoms with E-state index in [0.29, 0.717) is 5.02 Å². The quantitative estimate of drug-likeness (QED) is 0.737. The van der Waals surface area contributed by atoms with Crippen LogP contribution in [0.2, 0.25) is 5.02 Å². The molecule has 7 nitrogen and oxygen atoms in total. The molecule has 0 aliphatic carbocycles. The second-order valence-electron chi connectivity index (χ2n) is 4.67. The van der Waals surface area contributed by atoms with Crippen molar-refractivity contribution < 1.29 is 18.0 Å². The van der Waals surface area contributed by atoms with E-state index in [4.69, 9.17) is 11.6 Å². The van der Waals surface area contributed by atoms with Gasteiger partial charge in [0.1, 0.15) is 0 Å². The first-order chi connectivity index (χ1) is 10.2. The molecule has 1 aromatic carbocycles. The fraction of sp³-hybridized carbons (Fsp3) is 0.385. The molecule has 0 atom stereocenters. The van der Waals surface area contributed by atoms with E-state index in [-0.39, 0.29) is 30.3 Å². The summed E-state index contributed by atoms with van der Waals surface area (Å²) in [5.41, 5.74) is 0. The number of rotatable bonds is 7. The lowest BCUT2D eigenvalue weighted by atomic mass is 10.4. The third kappa shape index (κ3) is 6.00. The predicted octanol–water partition coefficient (Wildman–Crippen LogP) is 0.213. The Morgan fingerprint density at radius 3 is 2.32 bits per heavy atom. The van der Waals surface area contributed by atoms with Gasteiger partial charge < -0.3 is 10.2 Å². The molecule has 0 radical (unpaired) electrons. The van der Waals surface area contributed by atoms with Crippen molar-refractivity contribution >= 4 is 33.4 Å². The predicted molar refractivity (Wildman–Crippen MR) is 83.0 cm³/mol. The molecule has 1 aromatic rings. The summed E-state index contributed by atoms with van der Waals surface area (Å²) < 4.78 is 26.2. The third-order valence-corrected chi connectivity index (χ3v) is 4.43. The van der Waals surface area contributed by atoms with Gasteiger partial charge in [-0.1, -0.05) is 11.6 Å². The highest BCUT2D eigenvalue weighted by Crippen LogP contribution is 2.13. The average Bonchev–Trinajstić information content (AvgIpc) is 2.44. The van der Waals surface area contributed by atoms with Crippen LogP contribution in [0.3, 0.4) is 0 Å². The van der Waals surface area contributed by atoms with Crippen molar-refractivity contribution in [3.8, 4) is 0 Å². The van der Waals surface area contributed by atoms with Crippen molar-refractivity contribution in [2.24, 2.45) is 0 Å². The minimum atomic E-state index is -3.68. The molecule has 0 fully saturated rings. The second kappa shape index (κ2) is 8.11. The number of hydrogen-bond donors (Lipinski definition) is 2. The topological polar surface area (TPSA) is 95.6 Å². The fourth-order valence-corrected chi connectivity index (χ4v) is 2.57. The van der Waals surface area contributed by atoms with Crippen LogP contribution in [0.5, 0.6) is 0 Å². The van der Waals surface area contributed by atoms with Gasteiger partial charge >= 0.3 is 0 Å². The Balaban J connectivity index is 2.41. The maximum absolute atomic E-state index is 11.9. The van der Waals surface area contributed by atoms with Crippen molar-refractivity contribution in [1.82, 2.24) is 14.9 Å². The third-order valence-electron chi connectivity index (χ3n) is 2.70. The molecule has 0 spiro atoms. The largest absolute Gasteiger partial charge is 0.347 e. The number of amides is 2. The molecule has 0 aliphatic rings. The molecule has 122 valence electrons. The van der Waals surface area contributed by atoms with Gasteiger partial charge in [-0.2, -0.15) is 0 Å². The Labute approximate surface area is 134 Å². The van der Waals surface area contributed by atoms with Crippen LogP contribution in [-0.2, 0) is 19.6 Å². The van der Waals surface area contributed by atoms with Crippen LogP contribution in [0, 0.1) is 0 Å². The molecule has 0 heterocycles. The Morgan fingerprint density at radius 2 is 1.77 bits per heavy atom. The number of nitrogens with one attached hydrogen (secondary N) is 2. The molecule has 22 heavy (non-hydrogen) atoms. The molecule has 0 aliphatic heterocycles. The molecule has 0 saturated heterocycles. The van der Waals surface area contributed by atoms with Crippen LogP contribution < -0.4 is 10.0 Å². The Bertz CT molecular complexity index is 629. The summed E-state index contributed by atoms with van der Waals surface area (Å²) in [7, 11) is -0.525. The highest BCUT2D eigenvalue weighted by molar-refractivity contribution is 7.89. The smallest absolute Gasteiger partial charge is 0.241 e. The van der Waals surface area contributed by atoms with Crippen LogP contribution in [0.1, 0.15) is 6.42 Å². The van der Waals surface area contributed by atoms with E-state index < -0.39 is 15.9 Å². The fourth-order valence-electron chi connectivity index (χ4n) is 1.42. The zero-order valence-electron chi connectivity index (χ0n) is 12.3. The van der Waals surface area contributed by atoms with Crippen molar-refractivity contribution in [2.45, 2.75) is 11.3 Å². The Hall–Kier alpha value is -1.64. The summed E-state index contributed by atoms with van der Waals surface area (Å²) in [5, 5.41) is 2.85. The molecular formula is C13H18ClN3O4S. The lowest BCUT2D eigenvalue weighted by molar-refractivity contribution is -0.130. The summed E-state index contributed by atoms with van der Waals surface area (Å²) in [4.78, 5) is 24.2. The number of carbonyl (C=O) groups is 2. The first-order valence-electron chi connectivity index (χ1n) is 6.44. The lowest BCUT2D eigenvalue weighted by Gasteiger charge is -2.11. The van der Waals surface area contributed by atoms with Crippen LogP contribution in [0.4, 0.5) is 0 Å². The van der Waals surface area contributed by atoms with Gasteiger partial charge in [-0.25, -0.2) is 13.1 Å². The number of nitrogens with zero attached hydrogens (tertiary/aromatic N) is 1. The zero-order valence-corrected chi connectivity index (χ0v) is 13.9. The van der Waals surface area contributed by atoms with E-state index in [1.54, 1.807) is 14.1 Å².